The molecule has 0 bridgehead atoms. The van der Waals surface area contributed by atoms with Crippen molar-refractivity contribution in [2.75, 3.05) is 7.05 Å². The number of rotatable bonds is 1. The first-order valence-corrected chi connectivity index (χ1v) is 3.78. The fourth-order valence-electron chi connectivity index (χ4n) is 1.02. The van der Waals surface area contributed by atoms with Crippen molar-refractivity contribution in [2.45, 2.75) is 6.92 Å². The van der Waals surface area contributed by atoms with Crippen LogP contribution in [0.4, 0.5) is 0 Å². The van der Waals surface area contributed by atoms with Gasteiger partial charge in [-0.15, -0.1) is 0 Å². The van der Waals surface area contributed by atoms with Crippen molar-refractivity contribution in [1.82, 2.24) is 0 Å². The van der Waals surface area contributed by atoms with Gasteiger partial charge < -0.3 is 0 Å². The van der Waals surface area contributed by atoms with Gasteiger partial charge in [-0.25, -0.2) is 4.99 Å². The first-order chi connectivity index (χ1) is 5.75. The summed E-state index contributed by atoms with van der Waals surface area (Å²) >= 11 is 0. The van der Waals surface area contributed by atoms with Gasteiger partial charge in [0.05, 0.1) is 5.71 Å². The van der Waals surface area contributed by atoms with E-state index in [1.807, 2.05) is 25.2 Å². The molecule has 2 nitrogen and oxygen atoms in total. The lowest BCUT2D eigenvalue weighted by atomic mass is 10.0. The second-order valence-corrected chi connectivity index (χ2v) is 2.59. The van der Waals surface area contributed by atoms with E-state index in [9.17, 15) is 0 Å². The number of aliphatic imine (C=N–C) groups is 2. The third-order valence-electron chi connectivity index (χ3n) is 1.62. The lowest BCUT2D eigenvalue weighted by Crippen LogP contribution is -2.05. The van der Waals surface area contributed by atoms with Crippen molar-refractivity contribution in [2.24, 2.45) is 9.98 Å². The monoisotopic (exact) mass is 160 g/mol. The molecule has 0 fully saturated rings. The third-order valence-corrected chi connectivity index (χ3v) is 1.62. The average Bonchev–Trinajstić information content (AvgIpc) is 2.04. The summed E-state index contributed by atoms with van der Waals surface area (Å²) in [6.45, 7) is 5.89. The van der Waals surface area contributed by atoms with Crippen molar-refractivity contribution in [1.29, 1.82) is 0 Å². The van der Waals surface area contributed by atoms with Crippen molar-refractivity contribution < 1.29 is 0 Å². The predicted octanol–water partition coefficient (Wildman–Crippen LogP) is 2.16. The Morgan fingerprint density at radius 1 is 1.50 bits per heavy atom. The van der Waals surface area contributed by atoms with Crippen LogP contribution >= 0.6 is 0 Å². The molecule has 0 N–H and O–H groups in total. The van der Waals surface area contributed by atoms with Gasteiger partial charge in [0.1, 0.15) is 6.34 Å². The van der Waals surface area contributed by atoms with Crippen LogP contribution in [0.3, 0.4) is 0 Å². The van der Waals surface area contributed by atoms with Crippen LogP contribution < -0.4 is 0 Å². The van der Waals surface area contributed by atoms with E-state index in [2.05, 4.69) is 16.6 Å². The Labute approximate surface area is 72.7 Å². The van der Waals surface area contributed by atoms with Crippen molar-refractivity contribution in [3.8, 4) is 0 Å². The maximum atomic E-state index is 4.17. The lowest BCUT2D eigenvalue weighted by molar-refractivity contribution is 1.43. The second-order valence-electron chi connectivity index (χ2n) is 2.59. The van der Waals surface area contributed by atoms with E-state index in [0.29, 0.717) is 0 Å². The Kier molecular flexibility index (Phi) is 2.75. The molecule has 0 unspecified atom stereocenters. The number of hydrogen-bond acceptors (Lipinski definition) is 1. The minimum atomic E-state index is 0.920. The molecule has 0 saturated carbocycles. The van der Waals surface area contributed by atoms with Gasteiger partial charge in [-0.3, -0.25) is 4.99 Å². The molecule has 0 saturated heterocycles. The maximum absolute atomic E-state index is 4.17. The zero-order valence-electron chi connectivity index (χ0n) is 7.41. The zero-order valence-corrected chi connectivity index (χ0v) is 7.41. The highest BCUT2D eigenvalue weighted by atomic mass is 14.8. The Hall–Kier alpha value is -1.44. The molecule has 0 aromatic rings. The summed E-state index contributed by atoms with van der Waals surface area (Å²) in [4.78, 5) is 7.96. The quantitative estimate of drug-likeness (QED) is 0.415. The average molecular weight is 160 g/mol. The molecule has 1 aliphatic rings. The van der Waals surface area contributed by atoms with Crippen LogP contribution in [-0.4, -0.2) is 19.1 Å². The molecular formula is C10H12N2. The number of nitrogens with zero attached hydrogens (tertiary/aromatic N) is 2. The van der Waals surface area contributed by atoms with E-state index in [1.54, 1.807) is 7.05 Å². The first kappa shape index (κ1) is 8.65. The SMILES string of the molecule is C=C1C=CC=C(C)C1=NC=NC. The van der Waals surface area contributed by atoms with Crippen LogP contribution in [0.15, 0.2) is 45.9 Å². The molecule has 12 heavy (non-hydrogen) atoms. The van der Waals surface area contributed by atoms with Crippen LogP contribution in [0.5, 0.6) is 0 Å². The standard InChI is InChI=1S/C10H12N2/c1-8-5-4-6-9(2)10(8)12-7-11-3/h4-7H,1H2,2-3H3. The van der Waals surface area contributed by atoms with Gasteiger partial charge in [0, 0.05) is 7.05 Å². The molecule has 0 aromatic heterocycles. The molecule has 62 valence electrons. The van der Waals surface area contributed by atoms with E-state index < -0.39 is 0 Å². The van der Waals surface area contributed by atoms with Crippen LogP contribution in [0, 0.1) is 0 Å². The van der Waals surface area contributed by atoms with Gasteiger partial charge in [0.25, 0.3) is 0 Å². The van der Waals surface area contributed by atoms with Gasteiger partial charge in [-0.2, -0.15) is 0 Å². The molecule has 0 aromatic carbocycles. The van der Waals surface area contributed by atoms with Gasteiger partial charge in [0.15, 0.2) is 0 Å². The van der Waals surface area contributed by atoms with Crippen LogP contribution in [-0.2, 0) is 0 Å². The van der Waals surface area contributed by atoms with E-state index in [-0.39, 0.29) is 0 Å². The summed E-state index contributed by atoms with van der Waals surface area (Å²) in [5.41, 5.74) is 2.99. The van der Waals surface area contributed by atoms with Gasteiger partial charge in [-0.05, 0) is 18.1 Å². The Morgan fingerprint density at radius 3 is 2.83 bits per heavy atom. The second kappa shape index (κ2) is 3.81. The van der Waals surface area contributed by atoms with Crippen LogP contribution in [0.25, 0.3) is 0 Å². The van der Waals surface area contributed by atoms with E-state index in [0.717, 1.165) is 16.9 Å². The Balaban J connectivity index is 2.97. The highest BCUT2D eigenvalue weighted by Crippen LogP contribution is 2.12. The minimum absolute atomic E-state index is 0.920. The Morgan fingerprint density at radius 2 is 2.25 bits per heavy atom. The van der Waals surface area contributed by atoms with Gasteiger partial charge >= 0.3 is 0 Å². The smallest absolute Gasteiger partial charge is 0.110 e. The van der Waals surface area contributed by atoms with E-state index in [1.165, 1.54) is 6.34 Å². The molecule has 0 heterocycles. The fourth-order valence-corrected chi connectivity index (χ4v) is 1.02. The van der Waals surface area contributed by atoms with Crippen LogP contribution in [0.2, 0.25) is 0 Å². The zero-order chi connectivity index (χ0) is 8.97. The largest absolute Gasteiger partial charge is 0.277 e. The molecule has 0 atom stereocenters. The van der Waals surface area contributed by atoms with Crippen molar-refractivity contribution in [3.05, 3.63) is 36.0 Å². The molecule has 2 heteroatoms. The molecule has 0 aliphatic heterocycles. The minimum Gasteiger partial charge on any atom is -0.277 e. The van der Waals surface area contributed by atoms with Crippen LogP contribution in [0.1, 0.15) is 6.92 Å². The summed E-state index contributed by atoms with van der Waals surface area (Å²) in [5, 5.41) is 0. The summed E-state index contributed by atoms with van der Waals surface area (Å²) < 4.78 is 0. The molecule has 0 spiro atoms. The summed E-state index contributed by atoms with van der Waals surface area (Å²) in [5.74, 6) is 0. The molecule has 1 rings (SSSR count). The normalized spacial score (nSPS) is 20.7. The topological polar surface area (TPSA) is 24.7 Å². The van der Waals surface area contributed by atoms with Crippen molar-refractivity contribution in [3.63, 3.8) is 0 Å². The summed E-state index contributed by atoms with van der Waals surface area (Å²) in [6.07, 6.45) is 7.46. The lowest BCUT2D eigenvalue weighted by Gasteiger charge is -2.08. The Bertz CT molecular complexity index is 304. The number of allylic oxidation sites excluding steroid dienone is 5. The highest BCUT2D eigenvalue weighted by molar-refractivity contribution is 6.16. The highest BCUT2D eigenvalue weighted by Gasteiger charge is 2.06. The third kappa shape index (κ3) is 1.78. The van der Waals surface area contributed by atoms with Gasteiger partial charge in [0.2, 0.25) is 0 Å². The first-order valence-electron chi connectivity index (χ1n) is 3.78. The number of hydrogen-bond donors (Lipinski definition) is 0. The molecule has 0 amide bonds. The summed E-state index contributed by atoms with van der Waals surface area (Å²) in [6, 6.07) is 0. The maximum Gasteiger partial charge on any atom is 0.110 e. The fraction of sp³-hybridized carbons (Fsp3) is 0.200. The van der Waals surface area contributed by atoms with E-state index >= 15 is 0 Å². The van der Waals surface area contributed by atoms with Gasteiger partial charge in [-0.1, -0.05) is 24.8 Å². The predicted molar refractivity (Wildman–Crippen MR) is 53.9 cm³/mol. The summed E-state index contributed by atoms with van der Waals surface area (Å²) in [7, 11) is 1.70. The molecular weight excluding hydrogens is 148 g/mol. The van der Waals surface area contributed by atoms with Crippen molar-refractivity contribution >= 4 is 12.1 Å². The molecule has 0 radical (unpaired) electrons. The molecule has 1 aliphatic carbocycles. The van der Waals surface area contributed by atoms with E-state index in [4.69, 9.17) is 0 Å².